The second kappa shape index (κ2) is 3.45. The SMILES string of the molecule is C#CC(Br)[SiH2]C. The Labute approximate surface area is 49.3 Å². The molecule has 0 aromatic rings. The minimum Gasteiger partial charge on any atom is -0.119 e. The van der Waals surface area contributed by atoms with Gasteiger partial charge < -0.3 is 0 Å². The van der Waals surface area contributed by atoms with Gasteiger partial charge in [-0.05, 0) is 0 Å². The third-order valence-corrected chi connectivity index (χ3v) is 3.70. The normalized spacial score (nSPS) is 14.8. The van der Waals surface area contributed by atoms with Crippen molar-refractivity contribution in [3.05, 3.63) is 0 Å². The van der Waals surface area contributed by atoms with Crippen molar-refractivity contribution in [3.63, 3.8) is 0 Å². The lowest BCUT2D eigenvalue weighted by Gasteiger charge is -1.87. The Bertz CT molecular complexity index is 64.4. The van der Waals surface area contributed by atoms with Gasteiger partial charge in [0.1, 0.15) is 0 Å². The molecule has 0 aliphatic rings. The van der Waals surface area contributed by atoms with Gasteiger partial charge in [-0.2, -0.15) is 0 Å². The standard InChI is InChI=1S/C4H7BrSi/c1-3-4(5)6-2/h1,4H,6H2,2H3. The average molecular weight is 163 g/mol. The molecule has 0 radical (unpaired) electrons. The fraction of sp³-hybridized carbons (Fsp3) is 0.500. The monoisotopic (exact) mass is 162 g/mol. The van der Waals surface area contributed by atoms with Gasteiger partial charge in [0.2, 0.25) is 0 Å². The molecular formula is C4H7BrSi. The van der Waals surface area contributed by atoms with Gasteiger partial charge in [-0.3, -0.25) is 0 Å². The van der Waals surface area contributed by atoms with Crippen molar-refractivity contribution in [2.45, 2.75) is 11.0 Å². The quantitative estimate of drug-likeness (QED) is 0.301. The molecule has 1 unspecified atom stereocenters. The van der Waals surface area contributed by atoms with Crippen LogP contribution < -0.4 is 0 Å². The summed E-state index contributed by atoms with van der Waals surface area (Å²) in [7, 11) is 0.0189. The van der Waals surface area contributed by atoms with Crippen LogP contribution in [0, 0.1) is 12.3 Å². The predicted octanol–water partition coefficient (Wildman–Crippen LogP) is 0.557. The highest BCUT2D eigenvalue weighted by molar-refractivity contribution is 9.10. The molecule has 0 spiro atoms. The van der Waals surface area contributed by atoms with Crippen LogP contribution in [0.15, 0.2) is 0 Å². The molecular weight excluding hydrogens is 156 g/mol. The number of alkyl halides is 1. The molecule has 6 heavy (non-hydrogen) atoms. The van der Waals surface area contributed by atoms with Crippen LogP contribution in [-0.4, -0.2) is 14.0 Å². The fourth-order valence-electron chi connectivity index (χ4n) is 0.118. The van der Waals surface area contributed by atoms with Crippen LogP contribution >= 0.6 is 15.9 Å². The Hall–Kier alpha value is 0.257. The first-order chi connectivity index (χ1) is 2.81. The van der Waals surface area contributed by atoms with E-state index in [9.17, 15) is 0 Å². The molecule has 0 aromatic carbocycles. The van der Waals surface area contributed by atoms with Crippen LogP contribution in [0.3, 0.4) is 0 Å². The van der Waals surface area contributed by atoms with E-state index in [1.807, 2.05) is 0 Å². The summed E-state index contributed by atoms with van der Waals surface area (Å²) in [6.45, 7) is 2.18. The van der Waals surface area contributed by atoms with Crippen molar-refractivity contribution in [3.8, 4) is 12.3 Å². The van der Waals surface area contributed by atoms with E-state index in [1.165, 1.54) is 0 Å². The van der Waals surface area contributed by atoms with E-state index in [0.717, 1.165) is 0 Å². The predicted molar refractivity (Wildman–Crippen MR) is 36.0 cm³/mol. The summed E-state index contributed by atoms with van der Waals surface area (Å²) in [6, 6.07) is 0. The number of rotatable bonds is 1. The molecule has 0 N–H and O–H groups in total. The Balaban J connectivity index is 3.04. The first-order valence-corrected chi connectivity index (χ1v) is 5.06. The number of hydrogen-bond acceptors (Lipinski definition) is 0. The first kappa shape index (κ1) is 6.26. The fourth-order valence-corrected chi connectivity index (χ4v) is 0.354. The van der Waals surface area contributed by atoms with Crippen LogP contribution in [0.5, 0.6) is 0 Å². The maximum atomic E-state index is 5.02. The zero-order valence-corrected chi connectivity index (χ0v) is 6.74. The highest BCUT2D eigenvalue weighted by Gasteiger charge is 1.88. The van der Waals surface area contributed by atoms with Gasteiger partial charge in [0.05, 0.1) is 4.45 Å². The van der Waals surface area contributed by atoms with E-state index in [4.69, 9.17) is 6.42 Å². The van der Waals surface area contributed by atoms with Gasteiger partial charge >= 0.3 is 0 Å². The number of halogens is 1. The molecule has 0 saturated carbocycles. The van der Waals surface area contributed by atoms with E-state index in [0.29, 0.717) is 4.45 Å². The molecule has 0 amide bonds. The second-order valence-electron chi connectivity index (χ2n) is 1.04. The number of terminal acetylenes is 1. The molecule has 0 rings (SSSR count). The highest BCUT2D eigenvalue weighted by atomic mass is 79.9. The maximum Gasteiger partial charge on any atom is 0.0600 e. The Morgan fingerprint density at radius 1 is 2.00 bits per heavy atom. The van der Waals surface area contributed by atoms with Gasteiger partial charge in [-0.1, -0.05) is 28.4 Å². The summed E-state index contributed by atoms with van der Waals surface area (Å²) in [6.07, 6.45) is 5.02. The van der Waals surface area contributed by atoms with Gasteiger partial charge in [-0.15, -0.1) is 6.42 Å². The summed E-state index contributed by atoms with van der Waals surface area (Å²) in [5.74, 6) is 2.59. The molecule has 0 aliphatic heterocycles. The molecule has 0 bridgehead atoms. The second-order valence-corrected chi connectivity index (χ2v) is 4.98. The molecule has 0 saturated heterocycles. The van der Waals surface area contributed by atoms with Gasteiger partial charge in [-0.25, -0.2) is 0 Å². The summed E-state index contributed by atoms with van der Waals surface area (Å²) < 4.78 is 0.414. The van der Waals surface area contributed by atoms with E-state index >= 15 is 0 Å². The molecule has 0 heterocycles. The van der Waals surface area contributed by atoms with Gasteiger partial charge in [0, 0.05) is 9.52 Å². The van der Waals surface area contributed by atoms with Crippen molar-refractivity contribution < 1.29 is 0 Å². The van der Waals surface area contributed by atoms with Crippen LogP contribution in [0.4, 0.5) is 0 Å². The average Bonchev–Trinajstić information content (AvgIpc) is 1.65. The van der Waals surface area contributed by atoms with Crippen LogP contribution in [-0.2, 0) is 0 Å². The maximum absolute atomic E-state index is 5.02. The molecule has 0 aliphatic carbocycles. The third-order valence-electron chi connectivity index (χ3n) is 0.539. The molecule has 1 atom stereocenters. The van der Waals surface area contributed by atoms with Crippen molar-refractivity contribution in [2.24, 2.45) is 0 Å². The van der Waals surface area contributed by atoms with E-state index in [2.05, 4.69) is 28.4 Å². The minimum absolute atomic E-state index is 0.0189. The zero-order valence-electron chi connectivity index (χ0n) is 3.74. The smallest absolute Gasteiger partial charge is 0.0600 e. The van der Waals surface area contributed by atoms with E-state index in [-0.39, 0.29) is 9.52 Å². The summed E-state index contributed by atoms with van der Waals surface area (Å²) in [5.41, 5.74) is 0. The molecule has 2 heteroatoms. The van der Waals surface area contributed by atoms with Gasteiger partial charge in [0.25, 0.3) is 0 Å². The molecule has 34 valence electrons. The summed E-state index contributed by atoms with van der Waals surface area (Å²) in [5, 5.41) is 0. The first-order valence-electron chi connectivity index (χ1n) is 1.91. The highest BCUT2D eigenvalue weighted by Crippen LogP contribution is 1.91. The Morgan fingerprint density at radius 3 is 2.50 bits per heavy atom. The Morgan fingerprint density at radius 2 is 2.50 bits per heavy atom. The van der Waals surface area contributed by atoms with E-state index in [1.54, 1.807) is 0 Å². The van der Waals surface area contributed by atoms with Crippen molar-refractivity contribution in [1.82, 2.24) is 0 Å². The third kappa shape index (κ3) is 2.49. The molecule has 0 fully saturated rings. The lowest BCUT2D eigenvalue weighted by molar-refractivity contribution is 1.75. The van der Waals surface area contributed by atoms with Crippen LogP contribution in [0.2, 0.25) is 6.55 Å². The summed E-state index contributed by atoms with van der Waals surface area (Å²) in [4.78, 5) is 0. The zero-order chi connectivity index (χ0) is 4.99. The van der Waals surface area contributed by atoms with Crippen LogP contribution in [0.1, 0.15) is 0 Å². The lowest BCUT2D eigenvalue weighted by atomic mass is 10.8. The van der Waals surface area contributed by atoms with E-state index < -0.39 is 0 Å². The topological polar surface area (TPSA) is 0 Å². The largest absolute Gasteiger partial charge is 0.119 e. The molecule has 0 nitrogen and oxygen atoms in total. The minimum atomic E-state index is 0.0189. The summed E-state index contributed by atoms with van der Waals surface area (Å²) >= 11 is 3.30. The number of hydrogen-bond donors (Lipinski definition) is 0. The van der Waals surface area contributed by atoms with Crippen molar-refractivity contribution in [1.29, 1.82) is 0 Å². The molecule has 0 aromatic heterocycles. The lowest BCUT2D eigenvalue weighted by Crippen LogP contribution is -1.98. The van der Waals surface area contributed by atoms with Crippen molar-refractivity contribution >= 4 is 25.4 Å². The van der Waals surface area contributed by atoms with Gasteiger partial charge in [0.15, 0.2) is 0 Å². The van der Waals surface area contributed by atoms with Crippen LogP contribution in [0.25, 0.3) is 0 Å². The van der Waals surface area contributed by atoms with Crippen molar-refractivity contribution in [2.75, 3.05) is 0 Å². The Kier molecular flexibility index (Phi) is 3.59.